The molecule has 2 aliphatic rings. The van der Waals surface area contributed by atoms with Crippen LogP contribution in [-0.2, 0) is 4.79 Å². The summed E-state index contributed by atoms with van der Waals surface area (Å²) in [5.41, 5.74) is 0.145. The molecule has 1 saturated heterocycles. The first-order chi connectivity index (χ1) is 5.25. The quantitative estimate of drug-likeness (QED) is 0.578. The minimum absolute atomic E-state index is 0.115. The van der Waals surface area contributed by atoms with Crippen molar-refractivity contribution in [1.29, 1.82) is 0 Å². The van der Waals surface area contributed by atoms with Gasteiger partial charge in [-0.15, -0.1) is 0 Å². The topological polar surface area (TPSA) is 49.3 Å². The normalized spacial score (nSPS) is 33.6. The monoisotopic (exact) mass is 155 g/mol. The lowest BCUT2D eigenvalue weighted by atomic mass is 9.63. The summed E-state index contributed by atoms with van der Waals surface area (Å²) >= 11 is 0. The maximum Gasteiger partial charge on any atom is 0.308 e. The van der Waals surface area contributed by atoms with E-state index in [2.05, 4.69) is 5.32 Å². The Labute approximate surface area is 65.8 Å². The summed E-state index contributed by atoms with van der Waals surface area (Å²) in [5, 5.41) is 12.0. The SMILES string of the molecule is O=C(O)[C@H]1CNCC12CCC2. The number of hydrogen-bond acceptors (Lipinski definition) is 2. The summed E-state index contributed by atoms with van der Waals surface area (Å²) in [6.07, 6.45) is 3.43. The van der Waals surface area contributed by atoms with Crippen molar-refractivity contribution in [3.8, 4) is 0 Å². The molecule has 1 spiro atoms. The van der Waals surface area contributed by atoms with Crippen LogP contribution in [0.3, 0.4) is 0 Å². The van der Waals surface area contributed by atoms with E-state index in [4.69, 9.17) is 5.11 Å². The number of nitrogens with one attached hydrogen (secondary N) is 1. The Balaban J connectivity index is 2.13. The van der Waals surface area contributed by atoms with Gasteiger partial charge in [-0.1, -0.05) is 6.42 Å². The Kier molecular flexibility index (Phi) is 1.42. The van der Waals surface area contributed by atoms with Crippen LogP contribution in [0, 0.1) is 11.3 Å². The first kappa shape index (κ1) is 7.10. The number of hydrogen-bond donors (Lipinski definition) is 2. The number of rotatable bonds is 1. The highest BCUT2D eigenvalue weighted by Crippen LogP contribution is 2.48. The lowest BCUT2D eigenvalue weighted by molar-refractivity contribution is -0.146. The molecule has 2 rings (SSSR count). The Morgan fingerprint density at radius 2 is 2.27 bits per heavy atom. The van der Waals surface area contributed by atoms with Gasteiger partial charge in [0.1, 0.15) is 0 Å². The van der Waals surface area contributed by atoms with Crippen LogP contribution in [0.1, 0.15) is 19.3 Å². The number of carboxylic acid groups (broad SMARTS) is 1. The molecule has 3 heteroatoms. The zero-order valence-corrected chi connectivity index (χ0v) is 6.47. The van der Waals surface area contributed by atoms with Gasteiger partial charge in [-0.2, -0.15) is 0 Å². The molecule has 2 fully saturated rings. The fourth-order valence-corrected chi connectivity index (χ4v) is 2.31. The minimum Gasteiger partial charge on any atom is -0.481 e. The lowest BCUT2D eigenvalue weighted by Gasteiger charge is -2.40. The second-order valence-electron chi connectivity index (χ2n) is 3.74. The highest BCUT2D eigenvalue weighted by Gasteiger charge is 2.50. The molecule has 1 aliphatic heterocycles. The Morgan fingerprint density at radius 1 is 1.55 bits per heavy atom. The molecule has 0 radical (unpaired) electrons. The molecule has 1 aliphatic carbocycles. The average molecular weight is 155 g/mol. The molecular formula is C8H13NO2. The number of carbonyl (C=O) groups is 1. The molecular weight excluding hydrogens is 142 g/mol. The third-order valence-corrected chi connectivity index (χ3v) is 3.21. The van der Waals surface area contributed by atoms with E-state index < -0.39 is 5.97 Å². The van der Waals surface area contributed by atoms with Gasteiger partial charge < -0.3 is 10.4 Å². The Hall–Kier alpha value is -0.570. The van der Waals surface area contributed by atoms with E-state index in [1.165, 1.54) is 6.42 Å². The largest absolute Gasteiger partial charge is 0.481 e. The molecule has 0 amide bonds. The molecule has 0 aromatic heterocycles. The van der Waals surface area contributed by atoms with Crippen molar-refractivity contribution in [2.24, 2.45) is 11.3 Å². The van der Waals surface area contributed by atoms with E-state index in [0.29, 0.717) is 6.54 Å². The van der Waals surface area contributed by atoms with Gasteiger partial charge in [0, 0.05) is 13.1 Å². The summed E-state index contributed by atoms with van der Waals surface area (Å²) in [5.74, 6) is -0.731. The van der Waals surface area contributed by atoms with E-state index in [0.717, 1.165) is 19.4 Å². The second-order valence-corrected chi connectivity index (χ2v) is 3.74. The van der Waals surface area contributed by atoms with Crippen molar-refractivity contribution in [2.75, 3.05) is 13.1 Å². The van der Waals surface area contributed by atoms with Crippen molar-refractivity contribution in [2.45, 2.75) is 19.3 Å². The van der Waals surface area contributed by atoms with Gasteiger partial charge in [0.25, 0.3) is 0 Å². The molecule has 3 nitrogen and oxygen atoms in total. The average Bonchev–Trinajstić information content (AvgIpc) is 2.27. The van der Waals surface area contributed by atoms with Crippen molar-refractivity contribution in [1.82, 2.24) is 5.32 Å². The van der Waals surface area contributed by atoms with E-state index in [-0.39, 0.29) is 11.3 Å². The smallest absolute Gasteiger partial charge is 0.308 e. The molecule has 1 saturated carbocycles. The van der Waals surface area contributed by atoms with E-state index in [1.54, 1.807) is 0 Å². The molecule has 0 aromatic carbocycles. The fourth-order valence-electron chi connectivity index (χ4n) is 2.31. The van der Waals surface area contributed by atoms with Crippen molar-refractivity contribution in [3.05, 3.63) is 0 Å². The fraction of sp³-hybridized carbons (Fsp3) is 0.875. The molecule has 2 N–H and O–H groups in total. The van der Waals surface area contributed by atoms with Crippen LogP contribution >= 0.6 is 0 Å². The third kappa shape index (κ3) is 0.872. The molecule has 1 atom stereocenters. The Morgan fingerprint density at radius 3 is 2.64 bits per heavy atom. The van der Waals surface area contributed by atoms with Crippen molar-refractivity contribution >= 4 is 5.97 Å². The van der Waals surface area contributed by atoms with Gasteiger partial charge in [-0.25, -0.2) is 0 Å². The van der Waals surface area contributed by atoms with E-state index >= 15 is 0 Å². The zero-order chi connectivity index (χ0) is 7.90. The van der Waals surface area contributed by atoms with Gasteiger partial charge in [-0.3, -0.25) is 4.79 Å². The van der Waals surface area contributed by atoms with Crippen LogP contribution in [-0.4, -0.2) is 24.2 Å². The van der Waals surface area contributed by atoms with Gasteiger partial charge in [0.05, 0.1) is 5.92 Å². The summed E-state index contributed by atoms with van der Waals surface area (Å²) in [7, 11) is 0. The van der Waals surface area contributed by atoms with Gasteiger partial charge in [-0.05, 0) is 18.3 Å². The summed E-state index contributed by atoms with van der Waals surface area (Å²) < 4.78 is 0. The first-order valence-corrected chi connectivity index (χ1v) is 4.18. The van der Waals surface area contributed by atoms with Crippen LogP contribution < -0.4 is 5.32 Å². The Bertz CT molecular complexity index is 187. The van der Waals surface area contributed by atoms with E-state index in [9.17, 15) is 4.79 Å². The van der Waals surface area contributed by atoms with Crippen LogP contribution in [0.2, 0.25) is 0 Å². The third-order valence-electron chi connectivity index (χ3n) is 3.21. The lowest BCUT2D eigenvalue weighted by Crippen LogP contribution is -2.40. The van der Waals surface area contributed by atoms with Crippen molar-refractivity contribution < 1.29 is 9.90 Å². The minimum atomic E-state index is -0.616. The first-order valence-electron chi connectivity index (χ1n) is 4.18. The highest BCUT2D eigenvalue weighted by atomic mass is 16.4. The summed E-state index contributed by atoms with van der Waals surface area (Å²) in [6, 6.07) is 0. The molecule has 11 heavy (non-hydrogen) atoms. The maximum atomic E-state index is 10.8. The number of carboxylic acids is 1. The van der Waals surface area contributed by atoms with Crippen LogP contribution in [0.4, 0.5) is 0 Å². The molecule has 0 bridgehead atoms. The van der Waals surface area contributed by atoms with Crippen LogP contribution in [0.15, 0.2) is 0 Å². The molecule has 62 valence electrons. The van der Waals surface area contributed by atoms with Gasteiger partial charge in [0.15, 0.2) is 0 Å². The predicted molar refractivity (Wildman–Crippen MR) is 40.3 cm³/mol. The summed E-state index contributed by atoms with van der Waals surface area (Å²) in [6.45, 7) is 1.60. The second kappa shape index (κ2) is 2.21. The maximum absolute atomic E-state index is 10.8. The summed E-state index contributed by atoms with van der Waals surface area (Å²) in [4.78, 5) is 10.8. The number of aliphatic carboxylic acids is 1. The van der Waals surface area contributed by atoms with Crippen LogP contribution in [0.5, 0.6) is 0 Å². The molecule has 0 aromatic rings. The van der Waals surface area contributed by atoms with Crippen molar-refractivity contribution in [3.63, 3.8) is 0 Å². The predicted octanol–water partition coefficient (Wildman–Crippen LogP) is 0.461. The zero-order valence-electron chi connectivity index (χ0n) is 6.47. The van der Waals surface area contributed by atoms with Crippen LogP contribution in [0.25, 0.3) is 0 Å². The van der Waals surface area contributed by atoms with Gasteiger partial charge in [0.2, 0.25) is 0 Å². The molecule has 0 unspecified atom stereocenters. The highest BCUT2D eigenvalue weighted by molar-refractivity contribution is 5.72. The van der Waals surface area contributed by atoms with Gasteiger partial charge >= 0.3 is 5.97 Å². The van der Waals surface area contributed by atoms with E-state index in [1.807, 2.05) is 0 Å². The standard InChI is InChI=1S/C8H13NO2/c10-7(11)6-4-9-5-8(6)2-1-3-8/h6,9H,1-5H2,(H,10,11)/t6-/m1/s1. The molecule has 1 heterocycles.